The molecule has 0 saturated carbocycles. The number of rotatable bonds is 3. The number of likely N-dealkylation sites (N-methyl/N-ethyl adjacent to an activating group) is 1. The van der Waals surface area contributed by atoms with Crippen LogP contribution in [-0.4, -0.2) is 34.9 Å². The van der Waals surface area contributed by atoms with Crippen molar-refractivity contribution in [3.8, 4) is 17.0 Å². The van der Waals surface area contributed by atoms with Gasteiger partial charge in [0.15, 0.2) is 6.61 Å². The van der Waals surface area contributed by atoms with Crippen LogP contribution in [0.25, 0.3) is 16.9 Å². The Bertz CT molecular complexity index is 1370. The van der Waals surface area contributed by atoms with Gasteiger partial charge >= 0.3 is 0 Å². The lowest BCUT2D eigenvalue weighted by Gasteiger charge is -2.26. The predicted octanol–water partition coefficient (Wildman–Crippen LogP) is 4.23. The van der Waals surface area contributed by atoms with Crippen LogP contribution in [0.2, 0.25) is 0 Å². The Balaban J connectivity index is 1.58. The van der Waals surface area contributed by atoms with Crippen LogP contribution in [0.3, 0.4) is 0 Å². The van der Waals surface area contributed by atoms with E-state index in [4.69, 9.17) is 9.72 Å². The van der Waals surface area contributed by atoms with Crippen LogP contribution >= 0.6 is 0 Å². The first-order chi connectivity index (χ1) is 15.4. The summed E-state index contributed by atoms with van der Waals surface area (Å²) in [7, 11) is 1.69. The van der Waals surface area contributed by atoms with Crippen molar-refractivity contribution in [2.24, 2.45) is 0 Å². The van der Waals surface area contributed by atoms with E-state index in [2.05, 4.69) is 5.32 Å². The first-order valence-electron chi connectivity index (χ1n) is 10.3. The van der Waals surface area contributed by atoms with Crippen LogP contribution in [0, 0.1) is 13.8 Å². The minimum absolute atomic E-state index is 0.0102. The quantitative estimate of drug-likeness (QED) is 0.532. The van der Waals surface area contributed by atoms with Crippen molar-refractivity contribution in [1.29, 1.82) is 0 Å². The largest absolute Gasteiger partial charge is 0.482 e. The number of carbonyl (C=O) groups excluding carboxylic acids is 2. The van der Waals surface area contributed by atoms with Crippen LogP contribution < -0.4 is 15.0 Å². The zero-order valence-electron chi connectivity index (χ0n) is 18.0. The zero-order chi connectivity index (χ0) is 22.4. The normalized spacial score (nSPS) is 13.1. The van der Waals surface area contributed by atoms with Gasteiger partial charge in [-0.3, -0.25) is 14.0 Å². The molecule has 32 heavy (non-hydrogen) atoms. The Hall–Kier alpha value is -4.13. The molecule has 2 aromatic heterocycles. The van der Waals surface area contributed by atoms with Gasteiger partial charge in [-0.25, -0.2) is 4.98 Å². The van der Waals surface area contributed by atoms with Gasteiger partial charge in [0.05, 0.1) is 5.69 Å². The van der Waals surface area contributed by atoms with Crippen LogP contribution in [0.4, 0.5) is 11.4 Å². The number of pyridine rings is 1. The number of nitrogens with zero attached hydrogens (tertiary/aromatic N) is 3. The molecule has 0 fully saturated rings. The molecule has 4 aromatic rings. The van der Waals surface area contributed by atoms with Crippen molar-refractivity contribution in [3.05, 3.63) is 77.6 Å². The second-order valence-electron chi connectivity index (χ2n) is 7.99. The molecule has 0 spiro atoms. The number of aromatic nitrogens is 2. The molecule has 1 aliphatic heterocycles. The minimum atomic E-state index is -0.288. The summed E-state index contributed by atoms with van der Waals surface area (Å²) >= 11 is 0. The van der Waals surface area contributed by atoms with Crippen molar-refractivity contribution in [1.82, 2.24) is 9.38 Å². The smallest absolute Gasteiger partial charge is 0.274 e. The topological polar surface area (TPSA) is 75.9 Å². The molecule has 7 nitrogen and oxygen atoms in total. The average molecular weight is 426 g/mol. The molecule has 3 heterocycles. The predicted molar refractivity (Wildman–Crippen MR) is 123 cm³/mol. The number of fused-ring (bicyclic) bond motifs is 2. The van der Waals surface area contributed by atoms with E-state index in [1.807, 2.05) is 60.8 Å². The van der Waals surface area contributed by atoms with Crippen molar-refractivity contribution in [3.63, 3.8) is 0 Å². The summed E-state index contributed by atoms with van der Waals surface area (Å²) < 4.78 is 7.29. The number of hydrogen-bond acceptors (Lipinski definition) is 4. The number of benzene rings is 2. The lowest BCUT2D eigenvalue weighted by molar-refractivity contribution is -0.120. The summed E-state index contributed by atoms with van der Waals surface area (Å²) in [6.45, 7) is 4.01. The number of aryl methyl sites for hydroxylation is 2. The standard InChI is InChI=1S/C25H22N4O3/c1-15-4-7-17(8-5-15)23-24(29-13-16(2)6-11-21(29)27-23)25(31)26-18-9-10-20-19(12-18)28(3)22(30)14-32-20/h4-13H,14H2,1-3H3,(H,26,31). The van der Waals surface area contributed by atoms with Crippen LogP contribution in [0.1, 0.15) is 21.6 Å². The summed E-state index contributed by atoms with van der Waals surface area (Å²) in [5.74, 6) is 0.181. The number of ether oxygens (including phenoxy) is 1. The number of carbonyl (C=O) groups is 2. The van der Waals surface area contributed by atoms with E-state index in [9.17, 15) is 9.59 Å². The molecule has 160 valence electrons. The van der Waals surface area contributed by atoms with Gasteiger partial charge in [-0.2, -0.15) is 0 Å². The van der Waals surface area contributed by atoms with Gasteiger partial charge in [-0.05, 0) is 43.7 Å². The second-order valence-corrected chi connectivity index (χ2v) is 7.99. The van der Waals surface area contributed by atoms with Gasteiger partial charge < -0.3 is 15.0 Å². The zero-order valence-corrected chi connectivity index (χ0v) is 18.0. The van der Waals surface area contributed by atoms with Crippen LogP contribution in [0.5, 0.6) is 5.75 Å². The summed E-state index contributed by atoms with van der Waals surface area (Å²) in [5.41, 5.74) is 5.96. The molecule has 1 aliphatic rings. The molecule has 5 rings (SSSR count). The molecule has 0 unspecified atom stereocenters. The molecule has 0 radical (unpaired) electrons. The maximum absolute atomic E-state index is 13.5. The molecule has 1 N–H and O–H groups in total. The monoisotopic (exact) mass is 426 g/mol. The highest BCUT2D eigenvalue weighted by Gasteiger charge is 2.24. The van der Waals surface area contributed by atoms with Crippen molar-refractivity contribution in [2.45, 2.75) is 13.8 Å². The first kappa shape index (κ1) is 19.8. The van der Waals surface area contributed by atoms with Crippen LogP contribution in [-0.2, 0) is 4.79 Å². The van der Waals surface area contributed by atoms with E-state index in [0.29, 0.717) is 34.2 Å². The Morgan fingerprint density at radius 2 is 1.78 bits per heavy atom. The maximum atomic E-state index is 13.5. The number of anilines is 2. The molecule has 2 amide bonds. The third-order valence-electron chi connectivity index (χ3n) is 5.61. The lowest BCUT2D eigenvalue weighted by atomic mass is 10.1. The summed E-state index contributed by atoms with van der Waals surface area (Å²) in [6.07, 6.45) is 1.90. The fraction of sp³-hybridized carbons (Fsp3) is 0.160. The van der Waals surface area contributed by atoms with Gasteiger partial charge in [-0.1, -0.05) is 35.9 Å². The molecule has 0 bridgehead atoms. The third-order valence-corrected chi connectivity index (χ3v) is 5.61. The molecular formula is C25H22N4O3. The fourth-order valence-electron chi connectivity index (χ4n) is 3.82. The summed E-state index contributed by atoms with van der Waals surface area (Å²) in [4.78, 5) is 31.7. The minimum Gasteiger partial charge on any atom is -0.482 e. The third kappa shape index (κ3) is 3.37. The Morgan fingerprint density at radius 3 is 2.56 bits per heavy atom. The Morgan fingerprint density at radius 1 is 1.03 bits per heavy atom. The highest BCUT2D eigenvalue weighted by molar-refractivity contribution is 6.08. The average Bonchev–Trinajstić information content (AvgIpc) is 3.16. The van der Waals surface area contributed by atoms with Gasteiger partial charge in [0.1, 0.15) is 22.8 Å². The first-order valence-corrected chi connectivity index (χ1v) is 10.3. The van der Waals surface area contributed by atoms with Crippen LogP contribution in [0.15, 0.2) is 60.8 Å². The van der Waals surface area contributed by atoms with Gasteiger partial charge in [0.25, 0.3) is 11.8 Å². The Kier molecular flexibility index (Phi) is 4.66. The number of nitrogens with one attached hydrogen (secondary N) is 1. The van der Waals surface area contributed by atoms with E-state index in [0.717, 1.165) is 16.7 Å². The van der Waals surface area contributed by atoms with E-state index in [1.165, 1.54) is 4.90 Å². The molecule has 2 aromatic carbocycles. The number of hydrogen-bond donors (Lipinski definition) is 1. The molecule has 7 heteroatoms. The van der Waals surface area contributed by atoms with E-state index in [1.54, 1.807) is 25.2 Å². The van der Waals surface area contributed by atoms with E-state index < -0.39 is 0 Å². The molecule has 0 atom stereocenters. The maximum Gasteiger partial charge on any atom is 0.274 e. The SMILES string of the molecule is Cc1ccc(-c2nc3ccc(C)cn3c2C(=O)Nc2ccc3c(c2)N(C)C(=O)CO3)cc1. The van der Waals surface area contributed by atoms with Gasteiger partial charge in [0.2, 0.25) is 0 Å². The van der Waals surface area contributed by atoms with Crippen molar-refractivity contribution < 1.29 is 14.3 Å². The molecular weight excluding hydrogens is 404 g/mol. The molecule has 0 saturated heterocycles. The second kappa shape index (κ2) is 7.53. The lowest BCUT2D eigenvalue weighted by Crippen LogP contribution is -2.35. The number of imidazole rings is 1. The summed E-state index contributed by atoms with van der Waals surface area (Å²) in [6, 6.07) is 17.1. The highest BCUT2D eigenvalue weighted by atomic mass is 16.5. The highest BCUT2D eigenvalue weighted by Crippen LogP contribution is 2.34. The van der Waals surface area contributed by atoms with Crippen molar-refractivity contribution >= 4 is 28.8 Å². The van der Waals surface area contributed by atoms with Gasteiger partial charge in [-0.15, -0.1) is 0 Å². The van der Waals surface area contributed by atoms with E-state index in [-0.39, 0.29) is 18.4 Å². The van der Waals surface area contributed by atoms with Gasteiger partial charge in [0, 0.05) is 24.5 Å². The summed E-state index contributed by atoms with van der Waals surface area (Å²) in [5, 5.41) is 2.97. The van der Waals surface area contributed by atoms with E-state index >= 15 is 0 Å². The Labute approximate surface area is 185 Å². The van der Waals surface area contributed by atoms with Crippen molar-refractivity contribution in [2.75, 3.05) is 23.9 Å². The fourth-order valence-corrected chi connectivity index (χ4v) is 3.82. The molecule has 0 aliphatic carbocycles. The number of amides is 2.